The van der Waals surface area contributed by atoms with E-state index in [-0.39, 0.29) is 12.2 Å². The summed E-state index contributed by atoms with van der Waals surface area (Å²) in [5.41, 5.74) is 0. The van der Waals surface area contributed by atoms with Crippen molar-refractivity contribution in [1.29, 1.82) is 0 Å². The zero-order valence-electron chi connectivity index (χ0n) is 12.4. The molecule has 4 atom stereocenters. The van der Waals surface area contributed by atoms with Crippen molar-refractivity contribution in [2.24, 2.45) is 11.8 Å². The van der Waals surface area contributed by atoms with Crippen LogP contribution >= 0.6 is 0 Å². The maximum absolute atomic E-state index is 10.4. The zero-order chi connectivity index (χ0) is 13.9. The Bertz CT molecular complexity index is 432. The van der Waals surface area contributed by atoms with Gasteiger partial charge in [0.15, 0.2) is 5.75 Å². The molecule has 1 N–H and O–H groups in total. The van der Waals surface area contributed by atoms with Crippen molar-refractivity contribution in [2.75, 3.05) is 0 Å². The summed E-state index contributed by atoms with van der Waals surface area (Å²) >= 11 is 0. The highest BCUT2D eigenvalue weighted by Crippen LogP contribution is 2.46. The van der Waals surface area contributed by atoms with Gasteiger partial charge in [-0.15, -0.1) is 0 Å². The van der Waals surface area contributed by atoms with Crippen molar-refractivity contribution in [3.63, 3.8) is 0 Å². The number of hydrogen-bond donors (Lipinski definition) is 1. The van der Waals surface area contributed by atoms with E-state index < -0.39 is 0 Å². The molecule has 0 unspecified atom stereocenters. The van der Waals surface area contributed by atoms with Crippen molar-refractivity contribution >= 4 is 0 Å². The molecular formula is C16H26N2O2. The molecule has 20 heavy (non-hydrogen) atoms. The van der Waals surface area contributed by atoms with Crippen LogP contribution < -0.4 is 4.74 Å². The van der Waals surface area contributed by atoms with Crippen LogP contribution in [-0.4, -0.2) is 27.1 Å². The Morgan fingerprint density at radius 3 is 2.70 bits per heavy atom. The predicted octanol–water partition coefficient (Wildman–Crippen LogP) is 3.00. The van der Waals surface area contributed by atoms with Crippen molar-refractivity contribution in [1.82, 2.24) is 9.78 Å². The lowest BCUT2D eigenvalue weighted by Crippen LogP contribution is -2.32. The van der Waals surface area contributed by atoms with Crippen LogP contribution in [0.15, 0.2) is 12.4 Å². The summed E-state index contributed by atoms with van der Waals surface area (Å²) in [6.45, 7) is 2.90. The lowest BCUT2D eigenvalue weighted by Gasteiger charge is -2.24. The van der Waals surface area contributed by atoms with Crippen molar-refractivity contribution < 1.29 is 9.84 Å². The first-order valence-corrected chi connectivity index (χ1v) is 8.13. The van der Waals surface area contributed by atoms with E-state index >= 15 is 0 Å². The van der Waals surface area contributed by atoms with Gasteiger partial charge in [-0.25, -0.2) is 0 Å². The lowest BCUT2D eigenvalue weighted by molar-refractivity contribution is 0.0216. The summed E-state index contributed by atoms with van der Waals surface area (Å²) in [6.07, 6.45) is 11.4. The molecule has 4 nitrogen and oxygen atoms in total. The number of aromatic nitrogens is 2. The number of aliphatic hydroxyl groups excluding tert-OH is 1. The molecule has 2 aliphatic rings. The highest BCUT2D eigenvalue weighted by molar-refractivity contribution is 5.12. The number of rotatable bonds is 3. The average molecular weight is 278 g/mol. The number of fused-ring (bicyclic) bond motifs is 1. The van der Waals surface area contributed by atoms with Crippen LogP contribution in [-0.2, 0) is 6.54 Å². The third-order valence-electron chi connectivity index (χ3n) is 4.86. The van der Waals surface area contributed by atoms with E-state index in [4.69, 9.17) is 4.74 Å². The van der Waals surface area contributed by atoms with Crippen LogP contribution in [0.5, 0.6) is 5.75 Å². The second-order valence-corrected chi connectivity index (χ2v) is 6.37. The summed E-state index contributed by atoms with van der Waals surface area (Å²) in [6, 6.07) is 0. The number of hydrogen-bond acceptors (Lipinski definition) is 3. The zero-order valence-corrected chi connectivity index (χ0v) is 12.4. The predicted molar refractivity (Wildman–Crippen MR) is 77.6 cm³/mol. The maximum atomic E-state index is 10.4. The SMILES string of the molecule is CCn1cc(O[C@@H]2CCC[C@@H]3C[C@@H]3CCC[C@H]2O)cn1. The molecule has 4 heteroatoms. The van der Waals surface area contributed by atoms with Gasteiger partial charge in [0.05, 0.1) is 18.5 Å². The maximum Gasteiger partial charge on any atom is 0.157 e. The van der Waals surface area contributed by atoms with E-state index in [2.05, 4.69) is 12.0 Å². The highest BCUT2D eigenvalue weighted by atomic mass is 16.5. The first kappa shape index (κ1) is 13.9. The average Bonchev–Trinajstić information content (AvgIpc) is 3.03. The first-order chi connectivity index (χ1) is 9.76. The number of aliphatic hydroxyl groups is 1. The summed E-state index contributed by atoms with van der Waals surface area (Å²) in [7, 11) is 0. The van der Waals surface area contributed by atoms with E-state index in [0.717, 1.165) is 43.4 Å². The van der Waals surface area contributed by atoms with E-state index in [1.165, 1.54) is 25.7 Å². The number of aryl methyl sites for hydroxylation is 1. The molecular weight excluding hydrogens is 252 g/mol. The van der Waals surface area contributed by atoms with E-state index in [9.17, 15) is 5.11 Å². The van der Waals surface area contributed by atoms with E-state index in [0.29, 0.717) is 0 Å². The Morgan fingerprint density at radius 1 is 1.25 bits per heavy atom. The molecule has 3 rings (SSSR count). The molecule has 2 fully saturated rings. The van der Waals surface area contributed by atoms with Crippen LogP contribution in [0.25, 0.3) is 0 Å². The van der Waals surface area contributed by atoms with Crippen LogP contribution in [0, 0.1) is 11.8 Å². The molecule has 112 valence electrons. The van der Waals surface area contributed by atoms with Gasteiger partial charge < -0.3 is 9.84 Å². The van der Waals surface area contributed by atoms with Crippen LogP contribution in [0.2, 0.25) is 0 Å². The van der Waals surface area contributed by atoms with Gasteiger partial charge in [-0.3, -0.25) is 4.68 Å². The Morgan fingerprint density at radius 2 is 2.00 bits per heavy atom. The highest BCUT2D eigenvalue weighted by Gasteiger charge is 2.37. The van der Waals surface area contributed by atoms with Crippen molar-refractivity contribution in [2.45, 2.75) is 70.6 Å². The van der Waals surface area contributed by atoms with E-state index in [1.807, 2.05) is 10.9 Å². The van der Waals surface area contributed by atoms with Gasteiger partial charge in [-0.05, 0) is 44.4 Å². The first-order valence-electron chi connectivity index (χ1n) is 8.13. The molecule has 0 saturated heterocycles. The van der Waals surface area contributed by atoms with Gasteiger partial charge in [0.2, 0.25) is 0 Å². The van der Waals surface area contributed by atoms with E-state index in [1.54, 1.807) is 6.20 Å². The summed E-state index contributed by atoms with van der Waals surface area (Å²) in [5, 5.41) is 14.6. The molecule has 0 amide bonds. The van der Waals surface area contributed by atoms with Gasteiger partial charge in [0.25, 0.3) is 0 Å². The summed E-state index contributed by atoms with van der Waals surface area (Å²) < 4.78 is 7.86. The molecule has 0 bridgehead atoms. The van der Waals surface area contributed by atoms with Gasteiger partial charge in [0.1, 0.15) is 6.10 Å². The minimum Gasteiger partial charge on any atom is -0.484 e. The monoisotopic (exact) mass is 278 g/mol. The molecule has 2 aliphatic carbocycles. The van der Waals surface area contributed by atoms with Crippen LogP contribution in [0.4, 0.5) is 0 Å². The minimum absolute atomic E-state index is 0.0696. The largest absolute Gasteiger partial charge is 0.484 e. The van der Waals surface area contributed by atoms with Crippen LogP contribution in [0.3, 0.4) is 0 Å². The van der Waals surface area contributed by atoms with Gasteiger partial charge in [-0.1, -0.05) is 19.3 Å². The third kappa shape index (κ3) is 3.35. The second kappa shape index (κ2) is 6.17. The van der Waals surface area contributed by atoms with Gasteiger partial charge in [0, 0.05) is 6.54 Å². The van der Waals surface area contributed by atoms with Gasteiger partial charge in [-0.2, -0.15) is 5.10 Å². The Hall–Kier alpha value is -1.03. The molecule has 0 aliphatic heterocycles. The van der Waals surface area contributed by atoms with Crippen molar-refractivity contribution in [3.8, 4) is 5.75 Å². The molecule has 1 heterocycles. The number of ether oxygens (including phenoxy) is 1. The van der Waals surface area contributed by atoms with Crippen molar-refractivity contribution in [3.05, 3.63) is 12.4 Å². The Balaban J connectivity index is 1.59. The quantitative estimate of drug-likeness (QED) is 0.924. The molecule has 2 saturated carbocycles. The Labute approximate surface area is 121 Å². The normalized spacial score (nSPS) is 34.3. The molecule has 0 radical (unpaired) electrons. The topological polar surface area (TPSA) is 47.3 Å². The van der Waals surface area contributed by atoms with Crippen LogP contribution in [0.1, 0.15) is 51.9 Å². The Kier molecular flexibility index (Phi) is 4.29. The minimum atomic E-state index is -0.338. The standard InChI is InChI=1S/C16H26N2O2/c1-2-18-11-14(10-17-18)20-16-8-4-6-13-9-12(13)5-3-7-15(16)19/h10-13,15-16,19H,2-9H2,1H3/t12-,13+,15+,16+/m0/s1. The molecule has 0 spiro atoms. The number of nitrogens with zero attached hydrogens (tertiary/aromatic N) is 2. The van der Waals surface area contributed by atoms with Gasteiger partial charge >= 0.3 is 0 Å². The molecule has 0 aromatic carbocycles. The molecule has 1 aromatic rings. The second-order valence-electron chi connectivity index (χ2n) is 6.37. The third-order valence-corrected chi connectivity index (χ3v) is 4.86. The fourth-order valence-electron chi connectivity index (χ4n) is 3.46. The smallest absolute Gasteiger partial charge is 0.157 e. The fraction of sp³-hybridized carbons (Fsp3) is 0.812. The summed E-state index contributed by atoms with van der Waals surface area (Å²) in [4.78, 5) is 0. The lowest BCUT2D eigenvalue weighted by atomic mass is 9.97. The fourth-order valence-corrected chi connectivity index (χ4v) is 3.46. The molecule has 1 aromatic heterocycles. The summed E-state index contributed by atoms with van der Waals surface area (Å²) in [5.74, 6) is 2.72.